The van der Waals surface area contributed by atoms with E-state index in [0.29, 0.717) is 5.02 Å². The summed E-state index contributed by atoms with van der Waals surface area (Å²) in [7, 11) is 3.40. The van der Waals surface area contributed by atoms with E-state index >= 15 is 0 Å². The van der Waals surface area contributed by atoms with Crippen molar-refractivity contribution in [2.75, 3.05) is 27.3 Å². The minimum atomic E-state index is -0.954. The van der Waals surface area contributed by atoms with Gasteiger partial charge >= 0.3 is 0 Å². The molecule has 2 atom stereocenters. The van der Waals surface area contributed by atoms with Gasteiger partial charge in [0.2, 0.25) is 5.79 Å². The molecule has 2 aliphatic rings. The molecule has 0 spiro atoms. The second kappa shape index (κ2) is 8.83. The quantitative estimate of drug-likeness (QED) is 0.312. The molecule has 0 bridgehead atoms. The molecule has 170 valence electrons. The van der Waals surface area contributed by atoms with E-state index in [1.54, 1.807) is 14.2 Å². The Morgan fingerprint density at radius 3 is 2.09 bits per heavy atom. The molecule has 0 fully saturated rings. The van der Waals surface area contributed by atoms with Gasteiger partial charge in [0.05, 0.1) is 23.0 Å². The largest absolute Gasteiger partial charge is 0.349 e. The molecule has 1 heterocycles. The standard InChI is InChI=1S/C26H30Cl2NO2S/c1-6-29(7-2)24-22(32-25(29,3)19-13-9-11-15-21(19)28)16-17-26(30-4,31-5)23(24)18-12-8-10-14-20(18)27/h8-17,23H,6-7H2,1-5H3/q+1. The number of hydrogen-bond acceptors (Lipinski definition) is 3. The molecule has 32 heavy (non-hydrogen) atoms. The number of methoxy groups -OCH3 is 2. The van der Waals surface area contributed by atoms with E-state index < -0.39 is 5.79 Å². The number of quaternary nitrogens is 1. The van der Waals surface area contributed by atoms with Gasteiger partial charge in [0.15, 0.2) is 4.87 Å². The molecule has 0 saturated heterocycles. The third-order valence-electron chi connectivity index (χ3n) is 7.29. The number of nitrogens with zero attached hydrogens (tertiary/aromatic N) is 1. The van der Waals surface area contributed by atoms with Gasteiger partial charge < -0.3 is 9.47 Å². The first-order valence-corrected chi connectivity index (χ1v) is 12.5. The van der Waals surface area contributed by atoms with Crippen LogP contribution in [-0.4, -0.2) is 37.6 Å². The van der Waals surface area contributed by atoms with E-state index in [0.717, 1.165) is 33.7 Å². The second-order valence-corrected chi connectivity index (χ2v) is 10.6. The highest BCUT2D eigenvalue weighted by molar-refractivity contribution is 8.04. The van der Waals surface area contributed by atoms with Crippen molar-refractivity contribution in [3.63, 3.8) is 0 Å². The van der Waals surface area contributed by atoms with Crippen molar-refractivity contribution in [1.29, 1.82) is 0 Å². The summed E-state index contributed by atoms with van der Waals surface area (Å²) in [6.07, 6.45) is 4.19. The summed E-state index contributed by atoms with van der Waals surface area (Å²) in [6, 6.07) is 16.2. The Hall–Kier alpha value is -1.27. The highest BCUT2D eigenvalue weighted by Crippen LogP contribution is 2.65. The monoisotopic (exact) mass is 490 g/mol. The van der Waals surface area contributed by atoms with E-state index in [1.165, 1.54) is 10.6 Å². The number of likely N-dealkylation sites (N-methyl/N-ethyl adjacent to an activating group) is 1. The number of thioether (sulfide) groups is 1. The number of ether oxygens (including phenoxy) is 2. The predicted octanol–water partition coefficient (Wildman–Crippen LogP) is 7.32. The van der Waals surface area contributed by atoms with Gasteiger partial charge in [0.1, 0.15) is 11.6 Å². The van der Waals surface area contributed by atoms with Crippen LogP contribution < -0.4 is 0 Å². The zero-order valence-corrected chi connectivity index (χ0v) is 21.5. The highest BCUT2D eigenvalue weighted by atomic mass is 35.5. The average molecular weight is 492 g/mol. The van der Waals surface area contributed by atoms with E-state index in [4.69, 9.17) is 32.7 Å². The maximum atomic E-state index is 6.79. The van der Waals surface area contributed by atoms with Gasteiger partial charge in [-0.25, -0.2) is 0 Å². The molecule has 0 saturated carbocycles. The topological polar surface area (TPSA) is 18.5 Å². The minimum absolute atomic E-state index is 0.206. The fourth-order valence-corrected chi connectivity index (χ4v) is 8.00. The van der Waals surface area contributed by atoms with Crippen molar-refractivity contribution in [1.82, 2.24) is 0 Å². The molecule has 0 N–H and O–H groups in total. The van der Waals surface area contributed by atoms with Crippen LogP contribution in [0.4, 0.5) is 0 Å². The molecule has 0 radical (unpaired) electrons. The molecule has 2 aromatic carbocycles. The zero-order valence-electron chi connectivity index (χ0n) is 19.2. The molecule has 0 aromatic heterocycles. The number of halogens is 2. The molecule has 1 aliphatic carbocycles. The Kier molecular flexibility index (Phi) is 6.58. The Bertz CT molecular complexity index is 1080. The van der Waals surface area contributed by atoms with Crippen LogP contribution >= 0.6 is 35.0 Å². The normalized spacial score (nSPS) is 25.8. The summed E-state index contributed by atoms with van der Waals surface area (Å²) in [5.41, 5.74) is 3.40. The first-order chi connectivity index (χ1) is 15.3. The van der Waals surface area contributed by atoms with Crippen molar-refractivity contribution >= 4 is 35.0 Å². The number of allylic oxidation sites excluding steroid dienone is 1. The van der Waals surface area contributed by atoms with Crippen LogP contribution in [0.15, 0.2) is 71.3 Å². The van der Waals surface area contributed by atoms with Crippen molar-refractivity contribution in [3.8, 4) is 0 Å². The summed E-state index contributed by atoms with van der Waals surface area (Å²) < 4.78 is 12.9. The summed E-state index contributed by atoms with van der Waals surface area (Å²) in [6.45, 7) is 8.59. The van der Waals surface area contributed by atoms with Gasteiger partial charge in [-0.3, -0.25) is 4.48 Å². The Morgan fingerprint density at radius 2 is 1.53 bits per heavy atom. The summed E-state index contributed by atoms with van der Waals surface area (Å²) >= 11 is 15.5. The summed E-state index contributed by atoms with van der Waals surface area (Å²) in [5.74, 6) is -1.16. The lowest BCUT2D eigenvalue weighted by molar-refractivity contribution is -0.928. The van der Waals surface area contributed by atoms with Gasteiger partial charge in [-0.1, -0.05) is 59.6 Å². The van der Waals surface area contributed by atoms with Gasteiger partial charge in [0, 0.05) is 31.7 Å². The zero-order chi connectivity index (χ0) is 23.1. The first-order valence-electron chi connectivity index (χ1n) is 10.9. The van der Waals surface area contributed by atoms with Crippen molar-refractivity contribution in [2.45, 2.75) is 37.3 Å². The lowest BCUT2D eigenvalue weighted by Crippen LogP contribution is -2.59. The lowest BCUT2D eigenvalue weighted by atomic mass is 9.81. The molecule has 4 rings (SSSR count). The van der Waals surface area contributed by atoms with Crippen LogP contribution in [-0.2, 0) is 14.3 Å². The first kappa shape index (κ1) is 23.9. The number of benzene rings is 2. The molecule has 2 unspecified atom stereocenters. The van der Waals surface area contributed by atoms with Crippen LogP contribution in [0, 0.1) is 0 Å². The van der Waals surface area contributed by atoms with Gasteiger partial charge in [-0.2, -0.15) is 0 Å². The van der Waals surface area contributed by atoms with Gasteiger partial charge in [0.25, 0.3) is 0 Å². The third kappa shape index (κ3) is 3.23. The molecule has 1 aliphatic heterocycles. The molecular weight excluding hydrogens is 461 g/mol. The predicted molar refractivity (Wildman–Crippen MR) is 135 cm³/mol. The van der Waals surface area contributed by atoms with Crippen LogP contribution in [0.5, 0.6) is 0 Å². The SMILES string of the molecule is CC[N+]1(CC)C2=C(C=CC(OC)(OC)C2c2ccccc2Cl)SC1(C)c1ccccc1Cl. The average Bonchev–Trinajstić information content (AvgIpc) is 3.07. The van der Waals surface area contributed by atoms with Crippen LogP contribution in [0.3, 0.4) is 0 Å². The van der Waals surface area contributed by atoms with Gasteiger partial charge in [-0.05, 0) is 55.5 Å². The van der Waals surface area contributed by atoms with Crippen LogP contribution in [0.1, 0.15) is 37.8 Å². The number of hydrogen-bond donors (Lipinski definition) is 0. The second-order valence-electron chi connectivity index (χ2n) is 8.33. The maximum absolute atomic E-state index is 6.79. The van der Waals surface area contributed by atoms with Crippen LogP contribution in [0.2, 0.25) is 10.0 Å². The molecule has 3 nitrogen and oxygen atoms in total. The van der Waals surface area contributed by atoms with Gasteiger partial charge in [-0.15, -0.1) is 0 Å². The minimum Gasteiger partial charge on any atom is -0.349 e. The fourth-order valence-electron chi connectivity index (χ4n) is 5.60. The van der Waals surface area contributed by atoms with E-state index in [-0.39, 0.29) is 10.8 Å². The van der Waals surface area contributed by atoms with E-state index in [2.05, 4.69) is 45.0 Å². The van der Waals surface area contributed by atoms with Crippen molar-refractivity contribution < 1.29 is 14.0 Å². The third-order valence-corrected chi connectivity index (χ3v) is 9.50. The smallest absolute Gasteiger partial charge is 0.204 e. The van der Waals surface area contributed by atoms with E-state index in [1.807, 2.05) is 48.2 Å². The molecule has 0 amide bonds. The summed E-state index contributed by atoms with van der Waals surface area (Å²) in [5, 5.41) is 1.49. The summed E-state index contributed by atoms with van der Waals surface area (Å²) in [4.78, 5) is 0.916. The number of rotatable bonds is 6. The molecule has 6 heteroatoms. The van der Waals surface area contributed by atoms with E-state index in [9.17, 15) is 0 Å². The van der Waals surface area contributed by atoms with Crippen molar-refractivity contribution in [3.05, 3.63) is 92.5 Å². The maximum Gasteiger partial charge on any atom is 0.204 e. The Labute approximate surface area is 205 Å². The van der Waals surface area contributed by atoms with Crippen LogP contribution in [0.25, 0.3) is 0 Å². The Morgan fingerprint density at radius 1 is 0.938 bits per heavy atom. The molecular formula is C26H30Cl2NO2S+. The van der Waals surface area contributed by atoms with Crippen molar-refractivity contribution in [2.24, 2.45) is 0 Å². The molecule has 2 aromatic rings. The Balaban J connectivity index is 2.02. The fraction of sp³-hybridized carbons (Fsp3) is 0.385. The lowest BCUT2D eigenvalue weighted by Gasteiger charge is -2.50. The highest BCUT2D eigenvalue weighted by Gasteiger charge is 2.63.